The lowest BCUT2D eigenvalue weighted by Gasteiger charge is -2.30. The molecule has 0 aromatic carbocycles. The number of anilines is 1. The molecule has 3 aliphatic rings. The van der Waals surface area contributed by atoms with Gasteiger partial charge in [0.1, 0.15) is 36.1 Å². The van der Waals surface area contributed by atoms with E-state index in [-0.39, 0.29) is 34.7 Å². The maximum absolute atomic E-state index is 14.6. The topological polar surface area (TPSA) is 72.4 Å². The molecule has 0 radical (unpaired) electrons. The molecule has 2 aromatic heterocycles. The lowest BCUT2D eigenvalue weighted by Crippen LogP contribution is -2.43. The van der Waals surface area contributed by atoms with Crippen LogP contribution in [0.3, 0.4) is 0 Å². The van der Waals surface area contributed by atoms with Gasteiger partial charge >= 0.3 is 6.01 Å². The van der Waals surface area contributed by atoms with Gasteiger partial charge in [-0.05, 0) is 19.4 Å². The molecule has 3 aliphatic heterocycles. The van der Waals surface area contributed by atoms with E-state index >= 15 is 0 Å². The molecule has 0 amide bonds. The third-order valence-corrected chi connectivity index (χ3v) is 5.81. The van der Waals surface area contributed by atoms with Crippen LogP contribution in [0, 0.1) is 5.82 Å². The number of fused-ring (bicyclic) bond motifs is 1. The monoisotopic (exact) mass is 397 g/mol. The largest absolute Gasteiger partial charge is 0.475 e. The zero-order valence-corrected chi connectivity index (χ0v) is 15.2. The molecule has 7 nitrogen and oxygen atoms in total. The van der Waals surface area contributed by atoms with Crippen molar-refractivity contribution in [2.45, 2.75) is 31.0 Å². The summed E-state index contributed by atoms with van der Waals surface area (Å²) in [4.78, 5) is 14.7. The fraction of sp³-hybridized carbons (Fsp3) is 0.588. The molecule has 0 bridgehead atoms. The molecule has 0 unspecified atom stereocenters. The van der Waals surface area contributed by atoms with E-state index in [1.54, 1.807) is 0 Å². The Bertz CT molecular complexity index is 917. The average molecular weight is 398 g/mol. The maximum Gasteiger partial charge on any atom is 0.319 e. The first-order valence-corrected chi connectivity index (χ1v) is 9.39. The highest BCUT2D eigenvalue weighted by Crippen LogP contribution is 2.41. The molecule has 2 atom stereocenters. The predicted octanol–water partition coefficient (Wildman–Crippen LogP) is 2.58. The van der Waals surface area contributed by atoms with Gasteiger partial charge in [0.05, 0.1) is 12.1 Å². The smallest absolute Gasteiger partial charge is 0.319 e. The Morgan fingerprint density at radius 1 is 1.37 bits per heavy atom. The fourth-order valence-electron chi connectivity index (χ4n) is 4.36. The molecule has 2 aromatic rings. The zero-order valence-electron chi connectivity index (χ0n) is 14.5. The molecule has 2 fully saturated rings. The third-order valence-electron chi connectivity index (χ3n) is 5.56. The van der Waals surface area contributed by atoms with E-state index in [1.807, 2.05) is 0 Å². The lowest BCUT2D eigenvalue weighted by molar-refractivity contribution is 0.107. The van der Waals surface area contributed by atoms with Crippen LogP contribution in [0.5, 0.6) is 11.9 Å². The van der Waals surface area contributed by atoms with Gasteiger partial charge in [-0.15, -0.1) is 0 Å². The summed E-state index contributed by atoms with van der Waals surface area (Å²) in [6.07, 6.45) is 1.47. The Labute approximate surface area is 159 Å². The number of rotatable bonds is 3. The fourth-order valence-corrected chi connectivity index (χ4v) is 4.52. The number of halogens is 3. The van der Waals surface area contributed by atoms with Crippen LogP contribution in [-0.2, 0) is 0 Å². The number of pyridine rings is 1. The number of ether oxygens (including phenoxy) is 2. The Morgan fingerprint density at radius 3 is 3.15 bits per heavy atom. The summed E-state index contributed by atoms with van der Waals surface area (Å²) < 4.78 is 39.8. The van der Waals surface area contributed by atoms with Crippen LogP contribution in [-0.4, -0.2) is 64.4 Å². The van der Waals surface area contributed by atoms with Gasteiger partial charge < -0.3 is 14.8 Å². The normalized spacial score (nSPS) is 27.1. The molecule has 5 rings (SSSR count). The quantitative estimate of drug-likeness (QED) is 0.798. The van der Waals surface area contributed by atoms with E-state index < -0.39 is 12.0 Å². The molecule has 0 saturated carbocycles. The molecule has 10 heteroatoms. The van der Waals surface area contributed by atoms with E-state index in [4.69, 9.17) is 21.1 Å². The van der Waals surface area contributed by atoms with Crippen molar-refractivity contribution < 1.29 is 18.3 Å². The van der Waals surface area contributed by atoms with Crippen molar-refractivity contribution in [3.05, 3.63) is 11.0 Å². The van der Waals surface area contributed by atoms with Crippen molar-refractivity contribution in [1.82, 2.24) is 19.9 Å². The number of aromatic nitrogens is 3. The van der Waals surface area contributed by atoms with Crippen LogP contribution >= 0.6 is 11.6 Å². The van der Waals surface area contributed by atoms with E-state index in [0.717, 1.165) is 19.4 Å². The van der Waals surface area contributed by atoms with Gasteiger partial charge in [-0.3, -0.25) is 4.90 Å². The van der Waals surface area contributed by atoms with Crippen LogP contribution in [0.1, 0.15) is 19.3 Å². The summed E-state index contributed by atoms with van der Waals surface area (Å²) in [6, 6.07) is 0.0301. The second-order valence-corrected chi connectivity index (χ2v) is 7.60. The standard InChI is InChI=1S/C17H18ClF2N5O2/c18-13-11(20)12-10-14(21-3-5-26-15(10)23-13)24-16(22-12)27-8-17-2-1-4-25(17)7-9(19)6-17/h9H,1-8H2,(H,21,22,24)/t9-,17+/m1/s1. The second kappa shape index (κ2) is 6.27. The zero-order chi connectivity index (χ0) is 18.6. The third kappa shape index (κ3) is 2.75. The number of hydrogen-bond donors (Lipinski definition) is 1. The van der Waals surface area contributed by atoms with Crippen molar-refractivity contribution in [2.75, 3.05) is 38.2 Å². The average Bonchev–Trinajstić information content (AvgIpc) is 3.08. The highest BCUT2D eigenvalue weighted by molar-refractivity contribution is 6.30. The molecule has 2 saturated heterocycles. The molecule has 27 heavy (non-hydrogen) atoms. The Morgan fingerprint density at radius 2 is 2.26 bits per heavy atom. The van der Waals surface area contributed by atoms with Crippen molar-refractivity contribution in [3.63, 3.8) is 0 Å². The summed E-state index contributed by atoms with van der Waals surface area (Å²) in [6.45, 7) is 2.38. The first-order chi connectivity index (χ1) is 13.1. The second-order valence-electron chi connectivity index (χ2n) is 7.24. The lowest BCUT2D eigenvalue weighted by atomic mass is 9.95. The van der Waals surface area contributed by atoms with Crippen LogP contribution in [0.25, 0.3) is 10.9 Å². The summed E-state index contributed by atoms with van der Waals surface area (Å²) in [5, 5.41) is 3.11. The first kappa shape index (κ1) is 17.1. The number of nitrogens with one attached hydrogen (secondary N) is 1. The van der Waals surface area contributed by atoms with Crippen molar-refractivity contribution >= 4 is 28.3 Å². The van der Waals surface area contributed by atoms with Crippen LogP contribution in [0.4, 0.5) is 14.6 Å². The molecule has 144 valence electrons. The summed E-state index contributed by atoms with van der Waals surface area (Å²) in [5.74, 6) is -0.165. The SMILES string of the molecule is Fc1c(Cl)nc2c3c(nc(OC[C@@]45CCCN4C[C@H](F)C5)nc13)NCCO2. The molecule has 0 aliphatic carbocycles. The van der Waals surface area contributed by atoms with E-state index in [9.17, 15) is 8.78 Å². The molecule has 0 spiro atoms. The van der Waals surface area contributed by atoms with Crippen molar-refractivity contribution in [1.29, 1.82) is 0 Å². The summed E-state index contributed by atoms with van der Waals surface area (Å²) in [7, 11) is 0. The van der Waals surface area contributed by atoms with E-state index in [2.05, 4.69) is 25.2 Å². The van der Waals surface area contributed by atoms with Gasteiger partial charge in [-0.2, -0.15) is 15.0 Å². The Hall–Kier alpha value is -2.00. The van der Waals surface area contributed by atoms with Gasteiger partial charge in [0.15, 0.2) is 11.0 Å². The van der Waals surface area contributed by atoms with Crippen molar-refractivity contribution in [3.8, 4) is 11.9 Å². The highest BCUT2D eigenvalue weighted by Gasteiger charge is 2.49. The number of alkyl halides is 1. The van der Waals surface area contributed by atoms with Gasteiger partial charge in [0.25, 0.3) is 0 Å². The molecular weight excluding hydrogens is 380 g/mol. The highest BCUT2D eigenvalue weighted by atomic mass is 35.5. The predicted molar refractivity (Wildman–Crippen MR) is 94.8 cm³/mol. The Balaban J connectivity index is 1.51. The minimum atomic E-state index is -0.847. The van der Waals surface area contributed by atoms with Crippen LogP contribution in [0.15, 0.2) is 0 Å². The molecule has 1 N–H and O–H groups in total. The van der Waals surface area contributed by atoms with E-state index in [1.165, 1.54) is 0 Å². The van der Waals surface area contributed by atoms with Gasteiger partial charge in [-0.1, -0.05) is 11.6 Å². The summed E-state index contributed by atoms with van der Waals surface area (Å²) >= 11 is 5.89. The molecule has 5 heterocycles. The number of hydrogen-bond acceptors (Lipinski definition) is 7. The first-order valence-electron chi connectivity index (χ1n) is 9.01. The van der Waals surface area contributed by atoms with Gasteiger partial charge in [0.2, 0.25) is 5.88 Å². The van der Waals surface area contributed by atoms with Gasteiger partial charge in [-0.25, -0.2) is 8.78 Å². The molecular formula is C17H18ClF2N5O2. The van der Waals surface area contributed by atoms with Crippen LogP contribution in [0.2, 0.25) is 5.15 Å². The number of nitrogens with zero attached hydrogens (tertiary/aromatic N) is 4. The van der Waals surface area contributed by atoms with Crippen molar-refractivity contribution in [2.24, 2.45) is 0 Å². The Kier molecular flexibility index (Phi) is 3.98. The summed E-state index contributed by atoms with van der Waals surface area (Å²) in [5.41, 5.74) is -0.336. The minimum Gasteiger partial charge on any atom is -0.475 e. The van der Waals surface area contributed by atoms with Crippen LogP contribution < -0.4 is 14.8 Å². The minimum absolute atomic E-state index is 0.00466. The van der Waals surface area contributed by atoms with E-state index in [0.29, 0.717) is 37.3 Å². The maximum atomic E-state index is 14.6. The van der Waals surface area contributed by atoms with Gasteiger partial charge in [0, 0.05) is 13.0 Å².